The lowest BCUT2D eigenvalue weighted by atomic mass is 10.2. The molecular formula is C20H17BrN2O5S2. The SMILES string of the molecule is CN(C(=O)COC(=O)c1ccccc1NS(=O)(=O)c1ccc(Br)s1)c1ccccc1. The molecule has 0 aliphatic heterocycles. The second kappa shape index (κ2) is 9.41. The molecule has 3 aromatic rings. The van der Waals surface area contributed by atoms with Crippen LogP contribution < -0.4 is 9.62 Å². The van der Waals surface area contributed by atoms with Crippen molar-refractivity contribution < 1.29 is 22.7 Å². The van der Waals surface area contributed by atoms with Crippen LogP contribution in [0.5, 0.6) is 0 Å². The summed E-state index contributed by atoms with van der Waals surface area (Å²) in [6.07, 6.45) is 0. The number of rotatable bonds is 7. The van der Waals surface area contributed by atoms with Gasteiger partial charge < -0.3 is 9.64 Å². The lowest BCUT2D eigenvalue weighted by Crippen LogP contribution is -2.31. The number of likely N-dealkylation sites (N-methyl/N-ethyl adjacent to an activating group) is 1. The van der Waals surface area contributed by atoms with Crippen LogP contribution in [-0.2, 0) is 19.6 Å². The zero-order valence-electron chi connectivity index (χ0n) is 15.7. The lowest BCUT2D eigenvalue weighted by molar-refractivity contribution is -0.121. The van der Waals surface area contributed by atoms with Crippen LogP contribution in [0.3, 0.4) is 0 Å². The molecule has 0 aliphatic carbocycles. The van der Waals surface area contributed by atoms with Gasteiger partial charge in [-0.25, -0.2) is 13.2 Å². The fourth-order valence-electron chi connectivity index (χ4n) is 2.48. The number of nitrogens with one attached hydrogen (secondary N) is 1. The number of sulfonamides is 1. The number of hydrogen-bond donors (Lipinski definition) is 1. The van der Waals surface area contributed by atoms with Gasteiger partial charge in [0.2, 0.25) is 0 Å². The van der Waals surface area contributed by atoms with E-state index < -0.39 is 28.5 Å². The zero-order chi connectivity index (χ0) is 21.7. The third kappa shape index (κ3) is 5.26. The molecule has 10 heteroatoms. The van der Waals surface area contributed by atoms with Crippen LogP contribution in [0.4, 0.5) is 11.4 Å². The third-order valence-corrected chi connectivity index (χ3v) is 7.53. The predicted molar refractivity (Wildman–Crippen MR) is 119 cm³/mol. The highest BCUT2D eigenvalue weighted by molar-refractivity contribution is 9.11. The van der Waals surface area contributed by atoms with Crippen molar-refractivity contribution in [2.24, 2.45) is 0 Å². The van der Waals surface area contributed by atoms with E-state index >= 15 is 0 Å². The smallest absolute Gasteiger partial charge is 0.340 e. The molecule has 0 aliphatic rings. The quantitative estimate of drug-likeness (QED) is 0.484. The Morgan fingerprint density at radius 2 is 1.70 bits per heavy atom. The van der Waals surface area contributed by atoms with Gasteiger partial charge in [-0.15, -0.1) is 11.3 Å². The van der Waals surface area contributed by atoms with E-state index in [1.54, 1.807) is 49.5 Å². The molecule has 0 atom stereocenters. The summed E-state index contributed by atoms with van der Waals surface area (Å²) in [5.41, 5.74) is 0.733. The summed E-state index contributed by atoms with van der Waals surface area (Å²) in [5.74, 6) is -1.23. The molecule has 7 nitrogen and oxygen atoms in total. The number of hydrogen-bond acceptors (Lipinski definition) is 6. The molecule has 0 fully saturated rings. The number of thiophene rings is 1. The summed E-state index contributed by atoms with van der Waals surface area (Å²) in [6, 6.07) is 18.0. The lowest BCUT2D eigenvalue weighted by Gasteiger charge is -2.17. The maximum atomic E-state index is 12.6. The molecule has 1 amide bonds. The number of ether oxygens (including phenoxy) is 1. The number of carbonyl (C=O) groups excluding carboxylic acids is 2. The summed E-state index contributed by atoms with van der Waals surface area (Å²) in [6.45, 7) is -0.483. The van der Waals surface area contributed by atoms with Crippen molar-refractivity contribution >= 4 is 60.5 Å². The van der Waals surface area contributed by atoms with Crippen LogP contribution in [0.25, 0.3) is 0 Å². The van der Waals surface area contributed by atoms with E-state index in [9.17, 15) is 18.0 Å². The van der Waals surface area contributed by atoms with E-state index in [1.165, 1.54) is 23.1 Å². The second-order valence-electron chi connectivity index (χ2n) is 6.07. The number of anilines is 2. The van der Waals surface area contributed by atoms with E-state index in [-0.39, 0.29) is 15.5 Å². The van der Waals surface area contributed by atoms with Crippen molar-refractivity contribution in [3.8, 4) is 0 Å². The average molecular weight is 509 g/mol. The molecule has 0 unspecified atom stereocenters. The Hall–Kier alpha value is -2.69. The number of benzene rings is 2. The molecule has 2 aromatic carbocycles. The van der Waals surface area contributed by atoms with Gasteiger partial charge in [-0.2, -0.15) is 0 Å². The highest BCUT2D eigenvalue weighted by Crippen LogP contribution is 2.28. The fraction of sp³-hybridized carbons (Fsp3) is 0.100. The maximum Gasteiger partial charge on any atom is 0.340 e. The molecule has 3 rings (SSSR count). The van der Waals surface area contributed by atoms with E-state index in [2.05, 4.69) is 20.7 Å². The Morgan fingerprint density at radius 1 is 1.03 bits per heavy atom. The van der Waals surface area contributed by atoms with Crippen LogP contribution >= 0.6 is 27.3 Å². The Morgan fingerprint density at radius 3 is 2.37 bits per heavy atom. The number of halogens is 1. The first-order chi connectivity index (χ1) is 14.3. The van der Waals surface area contributed by atoms with Crippen molar-refractivity contribution in [2.75, 3.05) is 23.3 Å². The van der Waals surface area contributed by atoms with Crippen LogP contribution in [0, 0.1) is 0 Å². The van der Waals surface area contributed by atoms with Gasteiger partial charge in [0.15, 0.2) is 6.61 Å². The van der Waals surface area contributed by atoms with Gasteiger partial charge in [0.05, 0.1) is 15.0 Å². The molecule has 0 spiro atoms. The van der Waals surface area contributed by atoms with Crippen molar-refractivity contribution in [2.45, 2.75) is 4.21 Å². The average Bonchev–Trinajstić information content (AvgIpc) is 3.19. The molecule has 1 N–H and O–H groups in total. The van der Waals surface area contributed by atoms with Crippen molar-refractivity contribution in [1.82, 2.24) is 0 Å². The Bertz CT molecular complexity index is 1160. The second-order valence-corrected chi connectivity index (χ2v) is 10.4. The number of amides is 1. The Kier molecular flexibility index (Phi) is 6.91. The van der Waals surface area contributed by atoms with E-state index in [1.807, 2.05) is 6.07 Å². The van der Waals surface area contributed by atoms with Gasteiger partial charge in [-0.05, 0) is 52.3 Å². The van der Waals surface area contributed by atoms with E-state index in [0.717, 1.165) is 11.3 Å². The number of para-hydroxylation sites is 2. The first-order valence-electron chi connectivity index (χ1n) is 8.64. The molecule has 30 heavy (non-hydrogen) atoms. The first-order valence-corrected chi connectivity index (χ1v) is 11.7. The zero-order valence-corrected chi connectivity index (χ0v) is 19.0. The van der Waals surface area contributed by atoms with Crippen molar-refractivity contribution in [1.29, 1.82) is 0 Å². The van der Waals surface area contributed by atoms with Gasteiger partial charge >= 0.3 is 5.97 Å². The van der Waals surface area contributed by atoms with Crippen LogP contribution in [0.2, 0.25) is 0 Å². The molecule has 1 aromatic heterocycles. The minimum Gasteiger partial charge on any atom is -0.452 e. The maximum absolute atomic E-state index is 12.6. The molecule has 1 heterocycles. The van der Waals surface area contributed by atoms with Gasteiger partial charge in [0.25, 0.3) is 15.9 Å². The van der Waals surface area contributed by atoms with Gasteiger partial charge in [0, 0.05) is 12.7 Å². The summed E-state index contributed by atoms with van der Waals surface area (Å²) in [5, 5.41) is 0. The predicted octanol–water partition coefficient (Wildman–Crippen LogP) is 4.13. The summed E-state index contributed by atoms with van der Waals surface area (Å²) in [4.78, 5) is 26.2. The first kappa shape index (κ1) is 22.0. The van der Waals surface area contributed by atoms with Crippen molar-refractivity contribution in [3.63, 3.8) is 0 Å². The minimum absolute atomic E-state index is 0.00635. The fourth-order valence-corrected chi connectivity index (χ4v) is 5.57. The van der Waals surface area contributed by atoms with Crippen molar-refractivity contribution in [3.05, 3.63) is 76.1 Å². The molecule has 156 valence electrons. The minimum atomic E-state index is -3.87. The molecule has 0 radical (unpaired) electrons. The van der Waals surface area contributed by atoms with E-state index in [4.69, 9.17) is 4.74 Å². The molecule has 0 saturated heterocycles. The number of nitrogens with zero attached hydrogens (tertiary/aromatic N) is 1. The van der Waals surface area contributed by atoms with Crippen LogP contribution in [-0.4, -0.2) is 33.9 Å². The summed E-state index contributed by atoms with van der Waals surface area (Å²) < 4.78 is 33.4. The third-order valence-electron chi connectivity index (χ3n) is 4.05. The van der Waals surface area contributed by atoms with Crippen LogP contribution in [0.1, 0.15) is 10.4 Å². The number of carbonyl (C=O) groups is 2. The van der Waals surface area contributed by atoms with E-state index in [0.29, 0.717) is 9.47 Å². The largest absolute Gasteiger partial charge is 0.452 e. The molecule has 0 bridgehead atoms. The highest BCUT2D eigenvalue weighted by Gasteiger charge is 2.22. The Labute approximate surface area is 186 Å². The topological polar surface area (TPSA) is 92.8 Å². The van der Waals surface area contributed by atoms with Gasteiger partial charge in [-0.1, -0.05) is 30.3 Å². The standard InChI is InChI=1S/C20H17BrN2O5S2/c1-23(14-7-3-2-4-8-14)18(24)13-28-20(25)15-9-5-6-10-16(15)22-30(26,27)19-12-11-17(21)29-19/h2-12,22H,13H2,1H3. The summed E-state index contributed by atoms with van der Waals surface area (Å²) in [7, 11) is -2.30. The Balaban J connectivity index is 1.70. The normalized spacial score (nSPS) is 11.0. The highest BCUT2D eigenvalue weighted by atomic mass is 79.9. The van der Waals surface area contributed by atoms with Gasteiger partial charge in [0.1, 0.15) is 4.21 Å². The monoisotopic (exact) mass is 508 g/mol. The number of esters is 1. The summed E-state index contributed by atoms with van der Waals surface area (Å²) >= 11 is 4.27. The van der Waals surface area contributed by atoms with Gasteiger partial charge in [-0.3, -0.25) is 9.52 Å². The van der Waals surface area contributed by atoms with Crippen LogP contribution in [0.15, 0.2) is 74.7 Å². The molecular weight excluding hydrogens is 492 g/mol. The molecule has 0 saturated carbocycles.